The highest BCUT2D eigenvalue weighted by atomic mass is 16.5. The van der Waals surface area contributed by atoms with Gasteiger partial charge in [0, 0.05) is 18.7 Å². The molecule has 1 saturated carbocycles. The van der Waals surface area contributed by atoms with Crippen LogP contribution >= 0.6 is 0 Å². The van der Waals surface area contributed by atoms with E-state index in [2.05, 4.69) is 29.3 Å². The first-order valence-electron chi connectivity index (χ1n) is 6.00. The van der Waals surface area contributed by atoms with Crippen LogP contribution in [0.1, 0.15) is 31.2 Å². The van der Waals surface area contributed by atoms with Crippen LogP contribution in [0.15, 0.2) is 10.6 Å². The van der Waals surface area contributed by atoms with Crippen LogP contribution in [0.3, 0.4) is 0 Å². The molecule has 4 heteroatoms. The van der Waals surface area contributed by atoms with E-state index in [-0.39, 0.29) is 0 Å². The number of hydrogen-bond acceptors (Lipinski definition) is 4. The molecule has 90 valence electrons. The summed E-state index contributed by atoms with van der Waals surface area (Å²) in [4.78, 5) is 2.35. The Bertz CT molecular complexity index is 333. The predicted octanol–water partition coefficient (Wildman–Crippen LogP) is 1.62. The molecule has 1 aliphatic carbocycles. The summed E-state index contributed by atoms with van der Waals surface area (Å²) < 4.78 is 5.31. The first-order valence-corrected chi connectivity index (χ1v) is 6.00. The summed E-state index contributed by atoms with van der Waals surface area (Å²) >= 11 is 0. The van der Waals surface area contributed by atoms with Crippen molar-refractivity contribution in [3.63, 3.8) is 0 Å². The molecule has 1 heterocycles. The van der Waals surface area contributed by atoms with Crippen LogP contribution in [0.5, 0.6) is 0 Å². The third-order valence-corrected chi connectivity index (χ3v) is 3.37. The lowest BCUT2D eigenvalue weighted by Crippen LogP contribution is -2.30. The fourth-order valence-corrected chi connectivity index (χ4v) is 2.02. The molecule has 0 amide bonds. The van der Waals surface area contributed by atoms with E-state index in [1.165, 1.54) is 12.8 Å². The standard InChI is InChI=1S/C12H21N3O/c1-9(10-4-5-10)15(3)8-12-6-11(7-13-2)14-16-12/h6,9-10,13H,4-5,7-8H2,1-3H3. The molecule has 1 N–H and O–H groups in total. The Morgan fingerprint density at radius 1 is 1.62 bits per heavy atom. The van der Waals surface area contributed by atoms with Gasteiger partial charge in [0.15, 0.2) is 5.76 Å². The van der Waals surface area contributed by atoms with Gasteiger partial charge in [-0.3, -0.25) is 4.90 Å². The van der Waals surface area contributed by atoms with E-state index in [9.17, 15) is 0 Å². The van der Waals surface area contributed by atoms with E-state index in [0.717, 1.165) is 30.5 Å². The molecule has 0 radical (unpaired) electrons. The summed E-state index contributed by atoms with van der Waals surface area (Å²) in [6, 6.07) is 2.69. The first-order chi connectivity index (χ1) is 7.70. The van der Waals surface area contributed by atoms with E-state index in [1.807, 2.05) is 13.1 Å². The molecule has 4 nitrogen and oxygen atoms in total. The third-order valence-electron chi connectivity index (χ3n) is 3.37. The molecule has 1 aromatic rings. The second-order valence-electron chi connectivity index (χ2n) is 4.81. The Kier molecular flexibility index (Phi) is 3.61. The van der Waals surface area contributed by atoms with Gasteiger partial charge < -0.3 is 9.84 Å². The first kappa shape index (κ1) is 11.6. The van der Waals surface area contributed by atoms with Crippen molar-refractivity contribution in [2.45, 2.75) is 38.9 Å². The molecule has 16 heavy (non-hydrogen) atoms. The highest BCUT2D eigenvalue weighted by molar-refractivity contribution is 5.05. The van der Waals surface area contributed by atoms with Crippen molar-refractivity contribution in [3.8, 4) is 0 Å². The topological polar surface area (TPSA) is 41.3 Å². The Labute approximate surface area is 97.0 Å². The third kappa shape index (κ3) is 2.83. The summed E-state index contributed by atoms with van der Waals surface area (Å²) in [7, 11) is 4.07. The van der Waals surface area contributed by atoms with E-state index in [4.69, 9.17) is 4.52 Å². The van der Waals surface area contributed by atoms with Gasteiger partial charge in [0.1, 0.15) is 0 Å². The van der Waals surface area contributed by atoms with Crippen LogP contribution in [0, 0.1) is 5.92 Å². The van der Waals surface area contributed by atoms with E-state index < -0.39 is 0 Å². The Hall–Kier alpha value is -0.870. The van der Waals surface area contributed by atoms with Crippen molar-refractivity contribution in [2.75, 3.05) is 14.1 Å². The van der Waals surface area contributed by atoms with Gasteiger partial charge in [-0.1, -0.05) is 5.16 Å². The lowest BCUT2D eigenvalue weighted by Gasteiger charge is -2.22. The van der Waals surface area contributed by atoms with Gasteiger partial charge in [-0.15, -0.1) is 0 Å². The molecular formula is C12H21N3O. The maximum Gasteiger partial charge on any atom is 0.151 e. The fourth-order valence-electron chi connectivity index (χ4n) is 2.02. The molecule has 1 aliphatic rings. The van der Waals surface area contributed by atoms with Gasteiger partial charge in [0.2, 0.25) is 0 Å². The van der Waals surface area contributed by atoms with Crippen LogP contribution in [0.4, 0.5) is 0 Å². The van der Waals surface area contributed by atoms with Gasteiger partial charge in [0.05, 0.1) is 12.2 Å². The zero-order valence-corrected chi connectivity index (χ0v) is 10.4. The van der Waals surface area contributed by atoms with Crippen molar-refractivity contribution in [1.29, 1.82) is 0 Å². The van der Waals surface area contributed by atoms with Gasteiger partial charge in [-0.05, 0) is 39.8 Å². The van der Waals surface area contributed by atoms with Crippen molar-refractivity contribution >= 4 is 0 Å². The average molecular weight is 223 g/mol. The maximum absolute atomic E-state index is 5.31. The number of nitrogens with one attached hydrogen (secondary N) is 1. The van der Waals surface area contributed by atoms with Crippen LogP contribution < -0.4 is 5.32 Å². The molecule has 0 saturated heterocycles. The molecule has 2 rings (SSSR count). The van der Waals surface area contributed by atoms with Crippen LogP contribution in [-0.2, 0) is 13.1 Å². The van der Waals surface area contributed by atoms with Crippen LogP contribution in [-0.4, -0.2) is 30.2 Å². The normalized spacial score (nSPS) is 18.0. The lowest BCUT2D eigenvalue weighted by molar-refractivity contribution is 0.201. The Morgan fingerprint density at radius 3 is 3.00 bits per heavy atom. The summed E-state index contributed by atoms with van der Waals surface area (Å²) in [5.74, 6) is 1.85. The summed E-state index contributed by atoms with van der Waals surface area (Å²) in [6.45, 7) is 3.92. The van der Waals surface area contributed by atoms with Gasteiger partial charge in [-0.25, -0.2) is 0 Å². The summed E-state index contributed by atoms with van der Waals surface area (Å²) in [6.07, 6.45) is 2.76. The van der Waals surface area contributed by atoms with Crippen LogP contribution in [0.25, 0.3) is 0 Å². The summed E-state index contributed by atoms with van der Waals surface area (Å²) in [5, 5.41) is 7.08. The van der Waals surface area contributed by atoms with Gasteiger partial charge in [0.25, 0.3) is 0 Å². The second kappa shape index (κ2) is 4.97. The Balaban J connectivity index is 1.86. The van der Waals surface area contributed by atoms with E-state index in [1.54, 1.807) is 0 Å². The average Bonchev–Trinajstić information content (AvgIpc) is 3.02. The molecule has 1 aromatic heterocycles. The SMILES string of the molecule is CNCc1cc(CN(C)C(C)C2CC2)on1. The molecule has 1 fully saturated rings. The molecule has 0 bridgehead atoms. The zero-order valence-electron chi connectivity index (χ0n) is 10.4. The molecule has 0 aliphatic heterocycles. The smallest absolute Gasteiger partial charge is 0.151 e. The van der Waals surface area contributed by atoms with Crippen molar-refractivity contribution in [3.05, 3.63) is 17.5 Å². The van der Waals surface area contributed by atoms with Crippen molar-refractivity contribution < 1.29 is 4.52 Å². The van der Waals surface area contributed by atoms with Gasteiger partial charge in [-0.2, -0.15) is 0 Å². The molecule has 0 aromatic carbocycles. The van der Waals surface area contributed by atoms with E-state index in [0.29, 0.717) is 6.04 Å². The van der Waals surface area contributed by atoms with Crippen LogP contribution in [0.2, 0.25) is 0 Å². The predicted molar refractivity (Wildman–Crippen MR) is 62.9 cm³/mol. The molecular weight excluding hydrogens is 202 g/mol. The minimum atomic E-state index is 0.651. The lowest BCUT2D eigenvalue weighted by atomic mass is 10.2. The second-order valence-corrected chi connectivity index (χ2v) is 4.81. The maximum atomic E-state index is 5.31. The fraction of sp³-hybridized carbons (Fsp3) is 0.750. The monoisotopic (exact) mass is 223 g/mol. The number of hydrogen-bond donors (Lipinski definition) is 1. The van der Waals surface area contributed by atoms with Gasteiger partial charge >= 0.3 is 0 Å². The molecule has 1 unspecified atom stereocenters. The Morgan fingerprint density at radius 2 is 2.38 bits per heavy atom. The largest absolute Gasteiger partial charge is 0.360 e. The van der Waals surface area contributed by atoms with E-state index >= 15 is 0 Å². The number of nitrogens with zero attached hydrogens (tertiary/aromatic N) is 2. The number of aromatic nitrogens is 1. The molecule has 0 spiro atoms. The van der Waals surface area contributed by atoms with Crippen molar-refractivity contribution in [1.82, 2.24) is 15.4 Å². The van der Waals surface area contributed by atoms with Crippen molar-refractivity contribution in [2.24, 2.45) is 5.92 Å². The highest BCUT2D eigenvalue weighted by Crippen LogP contribution is 2.35. The summed E-state index contributed by atoms with van der Waals surface area (Å²) in [5.41, 5.74) is 0.977. The zero-order chi connectivity index (χ0) is 11.5. The highest BCUT2D eigenvalue weighted by Gasteiger charge is 2.30. The quantitative estimate of drug-likeness (QED) is 0.795. The minimum absolute atomic E-state index is 0.651. The molecule has 1 atom stereocenters. The minimum Gasteiger partial charge on any atom is -0.360 e. The number of rotatable bonds is 6.